The first-order chi connectivity index (χ1) is 17.0. The van der Waals surface area contributed by atoms with Gasteiger partial charge in [-0.1, -0.05) is 0 Å². The van der Waals surface area contributed by atoms with E-state index in [4.69, 9.17) is 0 Å². The summed E-state index contributed by atoms with van der Waals surface area (Å²) in [7, 11) is 0. The lowest BCUT2D eigenvalue weighted by atomic mass is 9.91. The van der Waals surface area contributed by atoms with E-state index in [1.807, 2.05) is 19.2 Å². The van der Waals surface area contributed by atoms with Crippen LogP contribution in [-0.4, -0.2) is 38.1 Å². The molecule has 3 aliphatic carbocycles. The van der Waals surface area contributed by atoms with E-state index in [1.165, 1.54) is 17.7 Å². The van der Waals surface area contributed by atoms with Crippen molar-refractivity contribution in [2.24, 2.45) is 11.8 Å². The first kappa shape index (κ1) is 22.2. The van der Waals surface area contributed by atoms with Crippen molar-refractivity contribution in [3.63, 3.8) is 0 Å². The van der Waals surface area contributed by atoms with Gasteiger partial charge in [-0.3, -0.25) is 19.1 Å². The van der Waals surface area contributed by atoms with Crippen molar-refractivity contribution < 1.29 is 9.59 Å². The van der Waals surface area contributed by atoms with Gasteiger partial charge >= 0.3 is 0 Å². The molecule has 10 heteroatoms. The van der Waals surface area contributed by atoms with Gasteiger partial charge < -0.3 is 16.0 Å². The highest BCUT2D eigenvalue weighted by atomic mass is 32.1. The third-order valence-corrected chi connectivity index (χ3v) is 8.20. The number of carbonyl (C=O) groups is 2. The van der Waals surface area contributed by atoms with E-state index in [0.717, 1.165) is 42.5 Å². The summed E-state index contributed by atoms with van der Waals surface area (Å²) in [4.78, 5) is 31.3. The fourth-order valence-electron chi connectivity index (χ4n) is 4.69. The third-order valence-electron chi connectivity index (χ3n) is 6.99. The number of hydrogen-bond acceptors (Lipinski definition) is 7. The second-order valence-electron chi connectivity index (χ2n) is 9.96. The smallest absolute Gasteiger partial charge is 0.254 e. The number of fused-ring (bicyclic) bond motifs is 1. The highest BCUT2D eigenvalue weighted by Gasteiger charge is 2.35. The standard InChI is InChI=1S/C25H29N7O2S/c1-14-8-17(12-26-10-14)29-25-31-28-13-32(25)18-6-7-20-19(9-18)21(23(34)27-11-15-2-3-15)24(35-20)30-22(33)16-4-5-16/h8,10,12-13,15-16,18H,2-7,9,11H2,1H3,(H,27,34)(H,29,31)(H,30,33)/t18-/m1/s1. The molecule has 0 radical (unpaired) electrons. The Labute approximate surface area is 207 Å². The van der Waals surface area contributed by atoms with Crippen LogP contribution in [0.5, 0.6) is 0 Å². The zero-order valence-electron chi connectivity index (χ0n) is 19.7. The quantitative estimate of drug-likeness (QED) is 0.439. The van der Waals surface area contributed by atoms with E-state index in [-0.39, 0.29) is 23.8 Å². The van der Waals surface area contributed by atoms with E-state index in [0.29, 0.717) is 35.4 Å². The summed E-state index contributed by atoms with van der Waals surface area (Å²) in [6, 6.07) is 2.12. The number of pyridine rings is 1. The van der Waals surface area contributed by atoms with E-state index >= 15 is 0 Å². The Morgan fingerprint density at radius 1 is 1.17 bits per heavy atom. The second kappa shape index (κ2) is 9.07. The molecular weight excluding hydrogens is 462 g/mol. The van der Waals surface area contributed by atoms with Gasteiger partial charge in [-0.25, -0.2) is 0 Å². The number of aryl methyl sites for hydroxylation is 2. The molecule has 0 aromatic carbocycles. The molecule has 2 amide bonds. The van der Waals surface area contributed by atoms with Crippen LogP contribution in [0.2, 0.25) is 0 Å². The van der Waals surface area contributed by atoms with Crippen molar-refractivity contribution in [1.29, 1.82) is 0 Å². The van der Waals surface area contributed by atoms with Gasteiger partial charge in [-0.05, 0) is 75.0 Å². The van der Waals surface area contributed by atoms with Gasteiger partial charge in [0.25, 0.3) is 5.91 Å². The summed E-state index contributed by atoms with van der Waals surface area (Å²) in [6.07, 6.45) is 12.0. The van der Waals surface area contributed by atoms with Crippen molar-refractivity contribution in [3.8, 4) is 0 Å². The molecule has 3 aliphatic rings. The van der Waals surface area contributed by atoms with Crippen LogP contribution < -0.4 is 16.0 Å². The molecule has 0 unspecified atom stereocenters. The van der Waals surface area contributed by atoms with Crippen molar-refractivity contribution in [2.45, 2.75) is 57.9 Å². The molecule has 182 valence electrons. The van der Waals surface area contributed by atoms with Gasteiger partial charge in [0.2, 0.25) is 11.9 Å². The second-order valence-corrected chi connectivity index (χ2v) is 11.1. The number of amides is 2. The largest absolute Gasteiger partial charge is 0.352 e. The molecule has 35 heavy (non-hydrogen) atoms. The summed E-state index contributed by atoms with van der Waals surface area (Å²) in [5.41, 5.74) is 3.61. The monoisotopic (exact) mass is 491 g/mol. The zero-order chi connectivity index (χ0) is 23.9. The van der Waals surface area contributed by atoms with Gasteiger partial charge in [-0.15, -0.1) is 21.5 Å². The maximum absolute atomic E-state index is 13.3. The first-order valence-corrected chi connectivity index (χ1v) is 13.2. The molecule has 2 saturated carbocycles. The molecule has 3 aromatic rings. The number of anilines is 3. The summed E-state index contributed by atoms with van der Waals surface area (Å²) >= 11 is 1.56. The molecule has 1 atom stereocenters. The van der Waals surface area contributed by atoms with Crippen molar-refractivity contribution >= 4 is 39.8 Å². The number of aromatic nitrogens is 4. The van der Waals surface area contributed by atoms with Crippen molar-refractivity contribution in [3.05, 3.63) is 46.4 Å². The highest BCUT2D eigenvalue weighted by molar-refractivity contribution is 7.17. The van der Waals surface area contributed by atoms with Crippen LogP contribution in [0.3, 0.4) is 0 Å². The lowest BCUT2D eigenvalue weighted by Crippen LogP contribution is -2.28. The number of hydrogen-bond donors (Lipinski definition) is 3. The topological polar surface area (TPSA) is 114 Å². The predicted octanol–water partition coefficient (Wildman–Crippen LogP) is 4.00. The summed E-state index contributed by atoms with van der Waals surface area (Å²) in [6.45, 7) is 2.70. The lowest BCUT2D eigenvalue weighted by molar-refractivity contribution is -0.117. The molecule has 2 fully saturated rings. The van der Waals surface area contributed by atoms with E-state index in [9.17, 15) is 9.59 Å². The Morgan fingerprint density at radius 2 is 2.03 bits per heavy atom. The Kier molecular flexibility index (Phi) is 5.75. The van der Waals surface area contributed by atoms with Crippen molar-refractivity contribution in [1.82, 2.24) is 25.1 Å². The summed E-state index contributed by atoms with van der Waals surface area (Å²) in [5.74, 6) is 1.30. The average Bonchev–Trinajstić information content (AvgIpc) is 3.77. The Bertz CT molecular complexity index is 1270. The Hall–Kier alpha value is -3.27. The molecule has 3 aromatic heterocycles. The minimum absolute atomic E-state index is 0.0356. The van der Waals surface area contributed by atoms with Crippen LogP contribution in [0, 0.1) is 18.8 Å². The third kappa shape index (κ3) is 4.80. The Balaban J connectivity index is 1.27. The summed E-state index contributed by atoms with van der Waals surface area (Å²) < 4.78 is 2.05. The predicted molar refractivity (Wildman–Crippen MR) is 134 cm³/mol. The van der Waals surface area contributed by atoms with Crippen LogP contribution in [0.15, 0.2) is 24.8 Å². The molecule has 3 N–H and O–H groups in total. The van der Waals surface area contributed by atoms with Crippen LogP contribution in [0.1, 0.15) is 64.5 Å². The molecule has 0 saturated heterocycles. The normalized spacial score (nSPS) is 19.2. The maximum Gasteiger partial charge on any atom is 0.254 e. The maximum atomic E-state index is 13.3. The molecule has 3 heterocycles. The van der Waals surface area contributed by atoms with E-state index < -0.39 is 0 Å². The molecule has 0 aliphatic heterocycles. The number of thiophene rings is 1. The molecule has 0 spiro atoms. The molecule has 0 bridgehead atoms. The molecule has 6 rings (SSSR count). The highest BCUT2D eigenvalue weighted by Crippen LogP contribution is 2.42. The number of nitrogens with zero attached hydrogens (tertiary/aromatic N) is 4. The van der Waals surface area contributed by atoms with Crippen LogP contribution >= 0.6 is 11.3 Å². The minimum Gasteiger partial charge on any atom is -0.352 e. The number of rotatable bonds is 8. The lowest BCUT2D eigenvalue weighted by Gasteiger charge is -2.25. The SMILES string of the molecule is Cc1cncc(Nc2nncn2[C@@H]2CCc3sc(NC(=O)C4CC4)c(C(=O)NCC4CC4)c3C2)c1. The zero-order valence-corrected chi connectivity index (χ0v) is 20.5. The van der Waals surface area contributed by atoms with E-state index in [2.05, 4.69) is 35.7 Å². The van der Waals surface area contributed by atoms with Crippen LogP contribution in [0.4, 0.5) is 16.6 Å². The summed E-state index contributed by atoms with van der Waals surface area (Å²) in [5, 5.41) is 18.7. The number of nitrogens with one attached hydrogen (secondary N) is 3. The van der Waals surface area contributed by atoms with Gasteiger partial charge in [0.05, 0.1) is 17.4 Å². The van der Waals surface area contributed by atoms with Gasteiger partial charge in [-0.2, -0.15) is 0 Å². The van der Waals surface area contributed by atoms with Crippen LogP contribution in [-0.2, 0) is 17.6 Å². The van der Waals surface area contributed by atoms with Gasteiger partial charge in [0.15, 0.2) is 0 Å². The fourth-order valence-corrected chi connectivity index (χ4v) is 5.93. The fraction of sp³-hybridized carbons (Fsp3) is 0.480. The van der Waals surface area contributed by atoms with E-state index in [1.54, 1.807) is 23.9 Å². The first-order valence-electron chi connectivity index (χ1n) is 12.4. The number of carbonyl (C=O) groups excluding carboxylic acids is 2. The Morgan fingerprint density at radius 3 is 2.80 bits per heavy atom. The molecule has 9 nitrogen and oxygen atoms in total. The van der Waals surface area contributed by atoms with Crippen LogP contribution in [0.25, 0.3) is 0 Å². The van der Waals surface area contributed by atoms with Crippen molar-refractivity contribution in [2.75, 3.05) is 17.2 Å². The molecular formula is C25H29N7O2S. The minimum atomic E-state index is -0.0749. The van der Waals surface area contributed by atoms with Gasteiger partial charge in [0, 0.05) is 29.6 Å². The van der Waals surface area contributed by atoms with Gasteiger partial charge in [0.1, 0.15) is 11.3 Å². The average molecular weight is 492 g/mol.